The summed E-state index contributed by atoms with van der Waals surface area (Å²) in [6, 6.07) is 10.00. The Bertz CT molecular complexity index is 572. The van der Waals surface area contributed by atoms with Gasteiger partial charge in [0.25, 0.3) is 5.91 Å². The molecular weight excluding hydrogens is 240 g/mol. The maximum Gasteiger partial charge on any atom is 0.270 e. The predicted molar refractivity (Wildman–Crippen MR) is 74.2 cm³/mol. The molecule has 2 atom stereocenters. The zero-order chi connectivity index (χ0) is 13.4. The summed E-state index contributed by atoms with van der Waals surface area (Å²) in [6.07, 6.45) is 1.02. The summed E-state index contributed by atoms with van der Waals surface area (Å²) in [5, 5.41) is 1.06. The van der Waals surface area contributed by atoms with Gasteiger partial charge in [0.2, 0.25) is 0 Å². The molecule has 1 aromatic heterocycles. The third-order valence-electron chi connectivity index (χ3n) is 3.91. The number of ether oxygens (including phenoxy) is 1. The summed E-state index contributed by atoms with van der Waals surface area (Å²) in [6.45, 7) is 2.75. The molecule has 2 heterocycles. The van der Waals surface area contributed by atoms with Crippen LogP contribution < -0.4 is 0 Å². The minimum atomic E-state index is 0.0264. The minimum absolute atomic E-state index is 0.0264. The number of aromatic nitrogens is 1. The predicted octanol–water partition coefficient (Wildman–Crippen LogP) is 2.42. The van der Waals surface area contributed by atoms with Crippen LogP contribution in [0, 0.1) is 0 Å². The molecule has 4 heteroatoms. The van der Waals surface area contributed by atoms with Gasteiger partial charge in [0.1, 0.15) is 5.69 Å². The highest BCUT2D eigenvalue weighted by Crippen LogP contribution is 2.21. The summed E-state index contributed by atoms with van der Waals surface area (Å²) in [4.78, 5) is 17.5. The largest absolute Gasteiger partial charge is 0.376 e. The molecule has 0 aliphatic carbocycles. The molecule has 0 saturated carbocycles. The summed E-state index contributed by atoms with van der Waals surface area (Å²) >= 11 is 0. The average molecular weight is 258 g/mol. The van der Waals surface area contributed by atoms with Crippen molar-refractivity contribution < 1.29 is 9.53 Å². The zero-order valence-electron chi connectivity index (χ0n) is 11.2. The molecule has 1 aromatic carbocycles. The van der Waals surface area contributed by atoms with Crippen LogP contribution in [-0.4, -0.2) is 41.6 Å². The Labute approximate surface area is 112 Å². The molecule has 1 saturated heterocycles. The van der Waals surface area contributed by atoms with Gasteiger partial charge in [0, 0.05) is 24.6 Å². The van der Waals surface area contributed by atoms with E-state index in [1.807, 2.05) is 44.3 Å². The second-order valence-corrected chi connectivity index (χ2v) is 5.12. The third-order valence-corrected chi connectivity index (χ3v) is 3.91. The number of nitrogens with one attached hydrogen (secondary N) is 1. The molecule has 4 nitrogen and oxygen atoms in total. The number of H-pyrrole nitrogens is 1. The molecule has 0 radical (unpaired) electrons. The van der Waals surface area contributed by atoms with Gasteiger partial charge in [0.05, 0.1) is 12.1 Å². The molecule has 100 valence electrons. The van der Waals surface area contributed by atoms with Crippen LogP contribution in [0.1, 0.15) is 23.8 Å². The number of aromatic amines is 1. The SMILES string of the molecule is CC1OCCC1N(C)C(=O)c1cc2ccccc2[nH]1. The van der Waals surface area contributed by atoms with E-state index in [2.05, 4.69) is 4.98 Å². The fourth-order valence-electron chi connectivity index (χ4n) is 2.76. The van der Waals surface area contributed by atoms with Crippen LogP contribution in [0.5, 0.6) is 0 Å². The van der Waals surface area contributed by atoms with Crippen LogP contribution in [0.2, 0.25) is 0 Å². The van der Waals surface area contributed by atoms with E-state index < -0.39 is 0 Å². The smallest absolute Gasteiger partial charge is 0.270 e. The number of para-hydroxylation sites is 1. The van der Waals surface area contributed by atoms with Gasteiger partial charge in [-0.2, -0.15) is 0 Å². The number of fused-ring (bicyclic) bond motifs is 1. The number of nitrogens with zero attached hydrogens (tertiary/aromatic N) is 1. The molecule has 1 N–H and O–H groups in total. The van der Waals surface area contributed by atoms with Gasteiger partial charge in [-0.3, -0.25) is 4.79 Å². The maximum atomic E-state index is 12.5. The van der Waals surface area contributed by atoms with Gasteiger partial charge in [-0.25, -0.2) is 0 Å². The molecule has 2 aromatic rings. The van der Waals surface area contributed by atoms with Crippen LogP contribution in [0.15, 0.2) is 30.3 Å². The lowest BCUT2D eigenvalue weighted by Gasteiger charge is -2.26. The van der Waals surface area contributed by atoms with E-state index in [1.54, 1.807) is 4.90 Å². The Hall–Kier alpha value is -1.81. The number of likely N-dealkylation sites (N-methyl/N-ethyl adjacent to an activating group) is 1. The first-order valence-corrected chi connectivity index (χ1v) is 6.63. The van der Waals surface area contributed by atoms with Gasteiger partial charge in [-0.15, -0.1) is 0 Å². The lowest BCUT2D eigenvalue weighted by molar-refractivity contribution is 0.0570. The summed E-state index contributed by atoms with van der Waals surface area (Å²) in [7, 11) is 1.85. The first-order valence-electron chi connectivity index (χ1n) is 6.63. The van der Waals surface area contributed by atoms with E-state index in [0.717, 1.165) is 23.9 Å². The van der Waals surface area contributed by atoms with Gasteiger partial charge in [0.15, 0.2) is 0 Å². The molecular formula is C15H18N2O2. The Kier molecular flexibility index (Phi) is 3.03. The lowest BCUT2D eigenvalue weighted by atomic mass is 10.1. The topological polar surface area (TPSA) is 45.3 Å². The van der Waals surface area contributed by atoms with Crippen LogP contribution in [0.25, 0.3) is 10.9 Å². The molecule has 2 unspecified atom stereocenters. The summed E-state index contributed by atoms with van der Waals surface area (Å²) in [5.41, 5.74) is 1.64. The van der Waals surface area contributed by atoms with Crippen LogP contribution in [0.4, 0.5) is 0 Å². The van der Waals surface area contributed by atoms with Crippen molar-refractivity contribution in [3.05, 3.63) is 36.0 Å². The quantitative estimate of drug-likeness (QED) is 0.899. The van der Waals surface area contributed by atoms with Crippen molar-refractivity contribution in [1.29, 1.82) is 0 Å². The molecule has 1 aliphatic heterocycles. The van der Waals surface area contributed by atoms with Crippen molar-refractivity contribution in [3.63, 3.8) is 0 Å². The van der Waals surface area contributed by atoms with Gasteiger partial charge in [-0.1, -0.05) is 18.2 Å². The van der Waals surface area contributed by atoms with Crippen LogP contribution in [-0.2, 0) is 4.74 Å². The van der Waals surface area contributed by atoms with Crippen molar-refractivity contribution in [2.75, 3.05) is 13.7 Å². The Balaban J connectivity index is 1.86. The van der Waals surface area contributed by atoms with Gasteiger partial charge >= 0.3 is 0 Å². The first kappa shape index (κ1) is 12.2. The normalized spacial score (nSPS) is 22.8. The number of carbonyl (C=O) groups is 1. The monoisotopic (exact) mass is 258 g/mol. The molecule has 1 amide bonds. The van der Waals surface area contributed by atoms with Crippen molar-refractivity contribution >= 4 is 16.8 Å². The van der Waals surface area contributed by atoms with E-state index in [4.69, 9.17) is 4.74 Å². The van der Waals surface area contributed by atoms with E-state index in [1.165, 1.54) is 0 Å². The van der Waals surface area contributed by atoms with Crippen molar-refractivity contribution in [2.24, 2.45) is 0 Å². The number of benzene rings is 1. The zero-order valence-corrected chi connectivity index (χ0v) is 11.2. The van der Waals surface area contributed by atoms with Crippen molar-refractivity contribution in [2.45, 2.75) is 25.5 Å². The lowest BCUT2D eigenvalue weighted by Crippen LogP contribution is -2.41. The number of hydrogen-bond donors (Lipinski definition) is 1. The highest BCUT2D eigenvalue weighted by atomic mass is 16.5. The molecule has 3 rings (SSSR count). The van der Waals surface area contributed by atoms with E-state index in [0.29, 0.717) is 5.69 Å². The Morgan fingerprint density at radius 3 is 2.89 bits per heavy atom. The number of amides is 1. The maximum absolute atomic E-state index is 12.5. The van der Waals surface area contributed by atoms with E-state index in [-0.39, 0.29) is 18.1 Å². The van der Waals surface area contributed by atoms with Crippen molar-refractivity contribution in [1.82, 2.24) is 9.88 Å². The third kappa shape index (κ3) is 2.12. The van der Waals surface area contributed by atoms with E-state index in [9.17, 15) is 4.79 Å². The fraction of sp³-hybridized carbons (Fsp3) is 0.400. The Morgan fingerprint density at radius 1 is 1.42 bits per heavy atom. The van der Waals surface area contributed by atoms with Gasteiger partial charge < -0.3 is 14.6 Å². The number of carbonyl (C=O) groups excluding carboxylic acids is 1. The highest BCUT2D eigenvalue weighted by molar-refractivity contribution is 5.98. The average Bonchev–Trinajstić information content (AvgIpc) is 3.02. The number of rotatable bonds is 2. The second kappa shape index (κ2) is 4.70. The highest BCUT2D eigenvalue weighted by Gasteiger charge is 2.31. The standard InChI is InChI=1S/C15H18N2O2/c1-10-14(7-8-19-10)17(2)15(18)13-9-11-5-3-4-6-12(11)16-13/h3-6,9-10,14,16H,7-8H2,1-2H3. The minimum Gasteiger partial charge on any atom is -0.376 e. The second-order valence-electron chi connectivity index (χ2n) is 5.12. The summed E-state index contributed by atoms with van der Waals surface area (Å²) in [5.74, 6) is 0.0264. The van der Waals surface area contributed by atoms with Crippen LogP contribution >= 0.6 is 0 Å². The molecule has 1 aliphatic rings. The fourth-order valence-corrected chi connectivity index (χ4v) is 2.76. The number of hydrogen-bond acceptors (Lipinski definition) is 2. The first-order chi connectivity index (χ1) is 9.16. The Morgan fingerprint density at radius 2 is 2.21 bits per heavy atom. The molecule has 1 fully saturated rings. The van der Waals surface area contributed by atoms with E-state index >= 15 is 0 Å². The summed E-state index contributed by atoms with van der Waals surface area (Å²) < 4.78 is 5.53. The van der Waals surface area contributed by atoms with Crippen molar-refractivity contribution in [3.8, 4) is 0 Å². The molecule has 19 heavy (non-hydrogen) atoms. The molecule has 0 spiro atoms. The molecule has 0 bridgehead atoms. The van der Waals surface area contributed by atoms with Crippen LogP contribution in [0.3, 0.4) is 0 Å². The van der Waals surface area contributed by atoms with Gasteiger partial charge in [-0.05, 0) is 25.5 Å².